The van der Waals surface area contributed by atoms with Gasteiger partial charge in [0.2, 0.25) is 0 Å². The lowest BCUT2D eigenvalue weighted by molar-refractivity contribution is 0.259. The van der Waals surface area contributed by atoms with E-state index in [0.29, 0.717) is 0 Å². The topological polar surface area (TPSA) is 33.1 Å². The summed E-state index contributed by atoms with van der Waals surface area (Å²) in [6.45, 7) is 6.72. The van der Waals surface area contributed by atoms with Gasteiger partial charge in [0, 0.05) is 32.4 Å². The Morgan fingerprint density at radius 1 is 1.56 bits per heavy atom. The summed E-state index contributed by atoms with van der Waals surface area (Å²) in [5.41, 5.74) is 1.25. The number of likely N-dealkylation sites (tertiary alicyclic amines) is 1. The second-order valence-corrected chi connectivity index (χ2v) is 4.55. The summed E-state index contributed by atoms with van der Waals surface area (Å²) in [7, 11) is 2.04. The minimum atomic E-state index is 0.734. The van der Waals surface area contributed by atoms with Crippen molar-refractivity contribution in [2.24, 2.45) is 7.05 Å². The van der Waals surface area contributed by atoms with Crippen molar-refractivity contribution >= 4 is 0 Å². The second-order valence-electron chi connectivity index (χ2n) is 4.55. The van der Waals surface area contributed by atoms with E-state index >= 15 is 0 Å². The molecule has 1 aromatic heterocycles. The van der Waals surface area contributed by atoms with Crippen LogP contribution in [-0.4, -0.2) is 40.1 Å². The third kappa shape index (κ3) is 2.62. The Bertz CT molecular complexity index is 321. The molecule has 4 nitrogen and oxygen atoms in total. The Hall–Kier alpha value is -0.870. The summed E-state index contributed by atoms with van der Waals surface area (Å²) in [4.78, 5) is 6.68. The molecule has 1 fully saturated rings. The molecule has 0 spiro atoms. The molecular weight excluding hydrogens is 200 g/mol. The molecule has 2 rings (SSSR count). The van der Waals surface area contributed by atoms with Crippen molar-refractivity contribution in [2.45, 2.75) is 32.4 Å². The van der Waals surface area contributed by atoms with Crippen molar-refractivity contribution in [3.05, 3.63) is 18.2 Å². The maximum absolute atomic E-state index is 4.12. The third-order valence-corrected chi connectivity index (χ3v) is 3.51. The average Bonchev–Trinajstić information content (AvgIpc) is 2.88. The highest BCUT2D eigenvalue weighted by molar-refractivity contribution is 4.97. The summed E-state index contributed by atoms with van der Waals surface area (Å²) < 4.78 is 2.07. The number of likely N-dealkylation sites (N-methyl/N-ethyl adjacent to an activating group) is 1. The Balaban J connectivity index is 1.74. The van der Waals surface area contributed by atoms with E-state index in [1.54, 1.807) is 0 Å². The lowest BCUT2D eigenvalue weighted by Gasteiger charge is -2.22. The summed E-state index contributed by atoms with van der Waals surface area (Å²) in [5, 5.41) is 3.53. The quantitative estimate of drug-likeness (QED) is 0.806. The van der Waals surface area contributed by atoms with Crippen molar-refractivity contribution in [1.82, 2.24) is 19.8 Å². The van der Waals surface area contributed by atoms with E-state index < -0.39 is 0 Å². The molecule has 2 heterocycles. The molecule has 1 unspecified atom stereocenters. The molecule has 1 N–H and O–H groups in total. The maximum Gasteiger partial charge on any atom is 0.0945 e. The first-order valence-corrected chi connectivity index (χ1v) is 6.21. The Labute approximate surface area is 97.7 Å². The van der Waals surface area contributed by atoms with Gasteiger partial charge in [0.25, 0.3) is 0 Å². The molecule has 1 aliphatic heterocycles. The average molecular weight is 222 g/mol. The zero-order valence-electron chi connectivity index (χ0n) is 10.3. The van der Waals surface area contributed by atoms with Crippen LogP contribution in [0.2, 0.25) is 0 Å². The number of hydrogen-bond acceptors (Lipinski definition) is 3. The fourth-order valence-corrected chi connectivity index (χ4v) is 2.46. The molecule has 0 bridgehead atoms. The number of nitrogens with one attached hydrogen (secondary N) is 1. The molecule has 0 amide bonds. The molecule has 0 saturated carbocycles. The third-order valence-electron chi connectivity index (χ3n) is 3.51. The number of hydrogen-bond donors (Lipinski definition) is 1. The Morgan fingerprint density at radius 3 is 3.12 bits per heavy atom. The lowest BCUT2D eigenvalue weighted by Crippen LogP contribution is -2.37. The van der Waals surface area contributed by atoms with Crippen LogP contribution in [0, 0.1) is 0 Å². The highest BCUT2D eigenvalue weighted by Gasteiger charge is 2.22. The summed E-state index contributed by atoms with van der Waals surface area (Å²) in [5.74, 6) is 0. The van der Waals surface area contributed by atoms with Gasteiger partial charge in [-0.05, 0) is 25.9 Å². The standard InChI is InChI=1S/C12H22N4/c1-3-16-6-4-5-11(16)7-13-8-12-9-14-10-15(12)2/h9-11,13H,3-8H2,1-2H3. The first-order chi connectivity index (χ1) is 7.81. The molecule has 1 atom stereocenters. The molecule has 1 aromatic rings. The van der Waals surface area contributed by atoms with E-state index in [0.717, 1.165) is 19.1 Å². The number of aryl methyl sites for hydroxylation is 1. The van der Waals surface area contributed by atoms with Gasteiger partial charge in [-0.2, -0.15) is 0 Å². The van der Waals surface area contributed by atoms with Crippen LogP contribution in [0.15, 0.2) is 12.5 Å². The summed E-state index contributed by atoms with van der Waals surface area (Å²) in [6, 6.07) is 0.734. The van der Waals surface area contributed by atoms with E-state index in [4.69, 9.17) is 0 Å². The molecule has 0 aliphatic carbocycles. The molecule has 0 radical (unpaired) electrons. The molecule has 16 heavy (non-hydrogen) atoms. The SMILES string of the molecule is CCN1CCCC1CNCc1cncn1C. The summed E-state index contributed by atoms with van der Waals surface area (Å²) in [6.07, 6.45) is 6.47. The van der Waals surface area contributed by atoms with Crippen molar-refractivity contribution in [1.29, 1.82) is 0 Å². The maximum atomic E-state index is 4.12. The van der Waals surface area contributed by atoms with Gasteiger partial charge in [-0.15, -0.1) is 0 Å². The predicted molar refractivity (Wildman–Crippen MR) is 65.2 cm³/mol. The van der Waals surface area contributed by atoms with E-state index in [9.17, 15) is 0 Å². The molecule has 1 saturated heterocycles. The smallest absolute Gasteiger partial charge is 0.0945 e. The zero-order valence-corrected chi connectivity index (χ0v) is 10.3. The Kier molecular flexibility index (Phi) is 3.96. The molecule has 1 aliphatic rings. The number of aromatic nitrogens is 2. The minimum absolute atomic E-state index is 0.734. The highest BCUT2D eigenvalue weighted by atomic mass is 15.2. The summed E-state index contributed by atoms with van der Waals surface area (Å²) >= 11 is 0. The number of rotatable bonds is 5. The van der Waals surface area contributed by atoms with Crippen LogP contribution in [0.3, 0.4) is 0 Å². The fourth-order valence-electron chi connectivity index (χ4n) is 2.46. The van der Waals surface area contributed by atoms with Crippen LogP contribution in [-0.2, 0) is 13.6 Å². The van der Waals surface area contributed by atoms with Gasteiger partial charge in [-0.3, -0.25) is 4.90 Å². The van der Waals surface area contributed by atoms with E-state index in [-0.39, 0.29) is 0 Å². The number of imidazole rings is 1. The fraction of sp³-hybridized carbons (Fsp3) is 0.750. The van der Waals surface area contributed by atoms with Gasteiger partial charge >= 0.3 is 0 Å². The van der Waals surface area contributed by atoms with Gasteiger partial charge in [0.1, 0.15) is 0 Å². The largest absolute Gasteiger partial charge is 0.337 e. The van der Waals surface area contributed by atoms with Crippen LogP contribution in [0.4, 0.5) is 0 Å². The molecule has 4 heteroatoms. The van der Waals surface area contributed by atoms with Crippen LogP contribution in [0.1, 0.15) is 25.5 Å². The second kappa shape index (κ2) is 5.46. The van der Waals surface area contributed by atoms with E-state index in [1.165, 1.54) is 31.6 Å². The molecular formula is C12H22N4. The van der Waals surface area contributed by atoms with E-state index in [1.807, 2.05) is 19.6 Å². The first-order valence-electron chi connectivity index (χ1n) is 6.21. The van der Waals surface area contributed by atoms with Crippen LogP contribution in [0.5, 0.6) is 0 Å². The molecule has 0 aromatic carbocycles. The van der Waals surface area contributed by atoms with Gasteiger partial charge in [-0.25, -0.2) is 4.98 Å². The van der Waals surface area contributed by atoms with E-state index in [2.05, 4.69) is 26.7 Å². The predicted octanol–water partition coefficient (Wildman–Crippen LogP) is 0.994. The van der Waals surface area contributed by atoms with Crippen LogP contribution in [0.25, 0.3) is 0 Å². The lowest BCUT2D eigenvalue weighted by atomic mass is 10.2. The van der Waals surface area contributed by atoms with Crippen LogP contribution < -0.4 is 5.32 Å². The van der Waals surface area contributed by atoms with Crippen molar-refractivity contribution < 1.29 is 0 Å². The first kappa shape index (κ1) is 11.6. The van der Waals surface area contributed by atoms with Gasteiger partial charge < -0.3 is 9.88 Å². The van der Waals surface area contributed by atoms with Gasteiger partial charge in [0.05, 0.1) is 12.0 Å². The minimum Gasteiger partial charge on any atom is -0.337 e. The highest BCUT2D eigenvalue weighted by Crippen LogP contribution is 2.15. The van der Waals surface area contributed by atoms with Crippen molar-refractivity contribution in [2.75, 3.05) is 19.6 Å². The Morgan fingerprint density at radius 2 is 2.44 bits per heavy atom. The van der Waals surface area contributed by atoms with Gasteiger partial charge in [0.15, 0.2) is 0 Å². The molecule has 90 valence electrons. The normalized spacial score (nSPS) is 21.8. The monoisotopic (exact) mass is 222 g/mol. The zero-order chi connectivity index (χ0) is 11.4. The van der Waals surface area contributed by atoms with Gasteiger partial charge in [-0.1, -0.05) is 6.92 Å². The van der Waals surface area contributed by atoms with Crippen molar-refractivity contribution in [3.8, 4) is 0 Å². The van der Waals surface area contributed by atoms with Crippen LogP contribution >= 0.6 is 0 Å². The van der Waals surface area contributed by atoms with Crippen molar-refractivity contribution in [3.63, 3.8) is 0 Å². The number of nitrogens with zero attached hydrogens (tertiary/aromatic N) is 3.